The molecule has 1 rings (SSSR count). The molecule has 0 radical (unpaired) electrons. The van der Waals surface area contributed by atoms with Crippen LogP contribution in [-0.2, 0) is 11.2 Å². The molecule has 78 valence electrons. The van der Waals surface area contributed by atoms with Crippen molar-refractivity contribution >= 4 is 11.6 Å². The lowest BCUT2D eigenvalue weighted by molar-refractivity contribution is -0.0368. The lowest BCUT2D eigenvalue weighted by Gasteiger charge is -2.26. The molecule has 0 saturated carbocycles. The maximum absolute atomic E-state index is 9.17. The number of aliphatic hydroxyl groups is 1. The van der Waals surface area contributed by atoms with Crippen molar-refractivity contribution in [2.24, 2.45) is 0 Å². The van der Waals surface area contributed by atoms with E-state index in [0.717, 1.165) is 5.56 Å². The normalized spacial score (nSPS) is 15.1. The van der Waals surface area contributed by atoms with Gasteiger partial charge in [-0.15, -0.1) is 0 Å². The molecule has 0 aromatic heterocycles. The van der Waals surface area contributed by atoms with Gasteiger partial charge in [-0.1, -0.05) is 29.8 Å². The molecule has 0 heterocycles. The van der Waals surface area contributed by atoms with Crippen molar-refractivity contribution in [2.75, 3.05) is 13.7 Å². The summed E-state index contributed by atoms with van der Waals surface area (Å²) in [4.78, 5) is 0. The Hall–Kier alpha value is -0.570. The Bertz CT molecular complexity index is 295. The van der Waals surface area contributed by atoms with E-state index < -0.39 is 5.60 Å². The molecular formula is C11H15ClO2. The van der Waals surface area contributed by atoms with Crippen LogP contribution in [0.4, 0.5) is 0 Å². The van der Waals surface area contributed by atoms with Crippen molar-refractivity contribution in [1.29, 1.82) is 0 Å². The minimum absolute atomic E-state index is 0.0191. The highest BCUT2D eigenvalue weighted by Crippen LogP contribution is 2.22. The molecular weight excluding hydrogens is 200 g/mol. The van der Waals surface area contributed by atoms with Gasteiger partial charge in [-0.05, 0) is 18.6 Å². The molecule has 1 aromatic rings. The summed E-state index contributed by atoms with van der Waals surface area (Å²) in [6.07, 6.45) is 0.611. The van der Waals surface area contributed by atoms with Crippen molar-refractivity contribution in [3.05, 3.63) is 34.9 Å². The zero-order chi connectivity index (χ0) is 10.6. The molecule has 1 N–H and O–H groups in total. The maximum atomic E-state index is 9.17. The van der Waals surface area contributed by atoms with Gasteiger partial charge in [0.2, 0.25) is 0 Å². The minimum atomic E-state index is -0.551. The van der Waals surface area contributed by atoms with E-state index in [0.29, 0.717) is 11.4 Å². The quantitative estimate of drug-likeness (QED) is 0.834. The van der Waals surface area contributed by atoms with Gasteiger partial charge in [-0.2, -0.15) is 0 Å². The van der Waals surface area contributed by atoms with Gasteiger partial charge in [0.05, 0.1) is 12.2 Å². The third-order valence-corrected chi connectivity index (χ3v) is 2.72. The molecule has 1 aromatic carbocycles. The molecule has 0 aliphatic heterocycles. The predicted octanol–water partition coefficient (Wildman–Crippen LogP) is 2.28. The smallest absolute Gasteiger partial charge is 0.0920 e. The zero-order valence-electron chi connectivity index (χ0n) is 8.46. The first-order valence-corrected chi connectivity index (χ1v) is 4.88. The Morgan fingerprint density at radius 3 is 2.57 bits per heavy atom. The van der Waals surface area contributed by atoms with Crippen LogP contribution in [0.5, 0.6) is 0 Å². The van der Waals surface area contributed by atoms with Crippen LogP contribution in [0.2, 0.25) is 5.02 Å². The molecule has 0 aliphatic rings. The minimum Gasteiger partial charge on any atom is -0.393 e. The first-order valence-electron chi connectivity index (χ1n) is 4.51. The van der Waals surface area contributed by atoms with E-state index in [9.17, 15) is 0 Å². The lowest BCUT2D eigenvalue weighted by atomic mass is 9.97. The molecule has 1 unspecified atom stereocenters. The van der Waals surface area contributed by atoms with Crippen molar-refractivity contribution in [1.82, 2.24) is 0 Å². The van der Waals surface area contributed by atoms with Gasteiger partial charge in [0, 0.05) is 18.6 Å². The van der Waals surface area contributed by atoms with Crippen molar-refractivity contribution in [2.45, 2.75) is 18.9 Å². The Kier molecular flexibility index (Phi) is 3.93. The number of halogens is 1. The van der Waals surface area contributed by atoms with Gasteiger partial charge in [0.1, 0.15) is 0 Å². The SMILES string of the molecule is COC(C)(CO)Cc1ccccc1Cl. The maximum Gasteiger partial charge on any atom is 0.0920 e. The van der Waals surface area contributed by atoms with E-state index in [1.165, 1.54) is 0 Å². The van der Waals surface area contributed by atoms with E-state index in [2.05, 4.69) is 0 Å². The summed E-state index contributed by atoms with van der Waals surface area (Å²) in [5.41, 5.74) is 0.443. The van der Waals surface area contributed by atoms with Gasteiger partial charge >= 0.3 is 0 Å². The number of methoxy groups -OCH3 is 1. The molecule has 0 bridgehead atoms. The lowest BCUT2D eigenvalue weighted by Crippen LogP contribution is -2.34. The molecule has 0 aliphatic carbocycles. The summed E-state index contributed by atoms with van der Waals surface area (Å²) < 4.78 is 5.24. The molecule has 0 saturated heterocycles. The largest absolute Gasteiger partial charge is 0.393 e. The number of benzene rings is 1. The Labute approximate surface area is 89.5 Å². The zero-order valence-corrected chi connectivity index (χ0v) is 9.21. The number of aliphatic hydroxyl groups excluding tert-OH is 1. The standard InChI is InChI=1S/C11H15ClO2/c1-11(8-13,14-2)7-9-5-3-4-6-10(9)12/h3-6,13H,7-8H2,1-2H3. The second-order valence-corrected chi connectivity index (χ2v) is 3.99. The Morgan fingerprint density at radius 2 is 2.07 bits per heavy atom. The molecule has 0 spiro atoms. The van der Waals surface area contributed by atoms with Crippen LogP contribution in [0.25, 0.3) is 0 Å². The third-order valence-electron chi connectivity index (χ3n) is 2.35. The predicted molar refractivity (Wildman–Crippen MR) is 57.7 cm³/mol. The second kappa shape index (κ2) is 4.78. The monoisotopic (exact) mass is 214 g/mol. The summed E-state index contributed by atoms with van der Waals surface area (Å²) in [6, 6.07) is 7.59. The summed E-state index contributed by atoms with van der Waals surface area (Å²) in [5, 5.41) is 9.88. The molecule has 2 nitrogen and oxygen atoms in total. The summed E-state index contributed by atoms with van der Waals surface area (Å²) in [6.45, 7) is 1.84. The first-order chi connectivity index (χ1) is 6.61. The molecule has 1 atom stereocenters. The summed E-state index contributed by atoms with van der Waals surface area (Å²) >= 11 is 6.01. The summed E-state index contributed by atoms with van der Waals surface area (Å²) in [7, 11) is 1.59. The first kappa shape index (κ1) is 11.5. The highest BCUT2D eigenvalue weighted by atomic mass is 35.5. The van der Waals surface area contributed by atoms with Gasteiger partial charge < -0.3 is 9.84 Å². The van der Waals surface area contributed by atoms with Crippen LogP contribution in [-0.4, -0.2) is 24.4 Å². The Morgan fingerprint density at radius 1 is 1.43 bits per heavy atom. The molecule has 0 fully saturated rings. The third kappa shape index (κ3) is 2.71. The average molecular weight is 215 g/mol. The fraction of sp³-hybridized carbons (Fsp3) is 0.455. The van der Waals surface area contributed by atoms with Crippen LogP contribution in [0.1, 0.15) is 12.5 Å². The van der Waals surface area contributed by atoms with Gasteiger partial charge in [-0.25, -0.2) is 0 Å². The van der Waals surface area contributed by atoms with Gasteiger partial charge in [0.25, 0.3) is 0 Å². The number of hydrogen-bond donors (Lipinski definition) is 1. The van der Waals surface area contributed by atoms with Crippen molar-refractivity contribution in [3.63, 3.8) is 0 Å². The number of ether oxygens (including phenoxy) is 1. The topological polar surface area (TPSA) is 29.5 Å². The van der Waals surface area contributed by atoms with Crippen LogP contribution in [0, 0.1) is 0 Å². The van der Waals surface area contributed by atoms with Crippen molar-refractivity contribution < 1.29 is 9.84 Å². The van der Waals surface area contributed by atoms with E-state index in [-0.39, 0.29) is 6.61 Å². The molecule has 0 amide bonds. The van der Waals surface area contributed by atoms with Gasteiger partial charge in [-0.3, -0.25) is 0 Å². The highest BCUT2D eigenvalue weighted by Gasteiger charge is 2.23. The van der Waals surface area contributed by atoms with Crippen LogP contribution in [0.15, 0.2) is 24.3 Å². The van der Waals surface area contributed by atoms with E-state index in [4.69, 9.17) is 21.4 Å². The van der Waals surface area contributed by atoms with Crippen LogP contribution >= 0.6 is 11.6 Å². The average Bonchev–Trinajstić information content (AvgIpc) is 2.21. The van der Waals surface area contributed by atoms with Gasteiger partial charge in [0.15, 0.2) is 0 Å². The fourth-order valence-corrected chi connectivity index (χ4v) is 1.44. The molecule has 3 heteroatoms. The summed E-state index contributed by atoms with van der Waals surface area (Å²) in [5.74, 6) is 0. The number of hydrogen-bond acceptors (Lipinski definition) is 2. The van der Waals surface area contributed by atoms with Crippen LogP contribution in [0.3, 0.4) is 0 Å². The van der Waals surface area contributed by atoms with Crippen molar-refractivity contribution in [3.8, 4) is 0 Å². The molecule has 14 heavy (non-hydrogen) atoms. The second-order valence-electron chi connectivity index (χ2n) is 3.58. The van der Waals surface area contributed by atoms with Crippen LogP contribution < -0.4 is 0 Å². The number of rotatable bonds is 4. The Balaban J connectivity index is 2.82. The van der Waals surface area contributed by atoms with E-state index >= 15 is 0 Å². The fourth-order valence-electron chi connectivity index (χ4n) is 1.24. The van der Waals surface area contributed by atoms with E-state index in [1.807, 2.05) is 31.2 Å². The highest BCUT2D eigenvalue weighted by molar-refractivity contribution is 6.31. The van der Waals surface area contributed by atoms with E-state index in [1.54, 1.807) is 7.11 Å².